The van der Waals surface area contributed by atoms with Crippen LogP contribution in [0.3, 0.4) is 0 Å². The molecule has 24 heavy (non-hydrogen) atoms. The number of nitrogens with two attached hydrogens (primary N) is 1. The van der Waals surface area contributed by atoms with Crippen molar-refractivity contribution in [1.82, 2.24) is 10.2 Å². The summed E-state index contributed by atoms with van der Waals surface area (Å²) in [4.78, 5) is 14.1. The standard InChI is InChI=1S/C16H25F2N3O.2ClH/c1-4-21(12(2)3)9-13-5-7-14(8-6-13)15(22)20-11-16(17,18)10-19;;/h5-8,12H,4,9-11,19H2,1-3H3,(H,20,22);2*1H. The van der Waals surface area contributed by atoms with E-state index in [1.807, 2.05) is 12.1 Å². The van der Waals surface area contributed by atoms with E-state index in [-0.39, 0.29) is 24.8 Å². The second-order valence-corrected chi connectivity index (χ2v) is 5.60. The lowest BCUT2D eigenvalue weighted by Crippen LogP contribution is -2.41. The van der Waals surface area contributed by atoms with Crippen molar-refractivity contribution in [3.8, 4) is 0 Å². The number of carbonyl (C=O) groups is 1. The van der Waals surface area contributed by atoms with Crippen molar-refractivity contribution in [3.05, 3.63) is 35.4 Å². The van der Waals surface area contributed by atoms with Crippen LogP contribution in [0.4, 0.5) is 8.78 Å². The minimum Gasteiger partial charge on any atom is -0.346 e. The fourth-order valence-electron chi connectivity index (χ4n) is 2.04. The Kier molecular flexibility index (Phi) is 12.2. The Bertz CT molecular complexity index is 485. The number of benzene rings is 1. The van der Waals surface area contributed by atoms with Crippen LogP contribution in [0.2, 0.25) is 0 Å². The Hall–Kier alpha value is -0.950. The number of halogens is 4. The second kappa shape index (κ2) is 11.6. The highest BCUT2D eigenvalue weighted by Crippen LogP contribution is 2.12. The molecule has 0 saturated heterocycles. The summed E-state index contributed by atoms with van der Waals surface area (Å²) < 4.78 is 26.0. The van der Waals surface area contributed by atoms with Crippen molar-refractivity contribution in [2.24, 2.45) is 5.73 Å². The van der Waals surface area contributed by atoms with E-state index in [4.69, 9.17) is 5.73 Å². The van der Waals surface area contributed by atoms with Crippen LogP contribution in [-0.2, 0) is 6.54 Å². The van der Waals surface area contributed by atoms with E-state index in [1.165, 1.54) is 0 Å². The lowest BCUT2D eigenvalue weighted by Gasteiger charge is -2.24. The van der Waals surface area contributed by atoms with Crippen LogP contribution in [-0.4, -0.2) is 42.4 Å². The largest absolute Gasteiger partial charge is 0.346 e. The normalized spacial score (nSPS) is 11.0. The van der Waals surface area contributed by atoms with Gasteiger partial charge in [-0.2, -0.15) is 0 Å². The van der Waals surface area contributed by atoms with Crippen molar-refractivity contribution in [2.45, 2.75) is 39.3 Å². The second-order valence-electron chi connectivity index (χ2n) is 5.60. The molecule has 0 aliphatic rings. The number of amides is 1. The first-order valence-electron chi connectivity index (χ1n) is 7.48. The molecule has 0 bridgehead atoms. The van der Waals surface area contributed by atoms with Crippen LogP contribution in [0, 0.1) is 0 Å². The van der Waals surface area contributed by atoms with Gasteiger partial charge in [-0.1, -0.05) is 19.1 Å². The molecule has 3 N–H and O–H groups in total. The summed E-state index contributed by atoms with van der Waals surface area (Å²) >= 11 is 0. The Morgan fingerprint density at radius 1 is 1.25 bits per heavy atom. The minimum atomic E-state index is -3.07. The van der Waals surface area contributed by atoms with E-state index in [0.29, 0.717) is 11.6 Å². The van der Waals surface area contributed by atoms with Gasteiger partial charge >= 0.3 is 0 Å². The molecule has 0 saturated carbocycles. The van der Waals surface area contributed by atoms with Crippen molar-refractivity contribution in [3.63, 3.8) is 0 Å². The van der Waals surface area contributed by atoms with E-state index in [9.17, 15) is 13.6 Å². The maximum Gasteiger partial charge on any atom is 0.277 e. The zero-order valence-electron chi connectivity index (χ0n) is 14.2. The molecule has 0 aliphatic carbocycles. The zero-order chi connectivity index (χ0) is 16.8. The van der Waals surface area contributed by atoms with Gasteiger partial charge in [-0.3, -0.25) is 9.69 Å². The molecule has 0 heterocycles. The predicted octanol–water partition coefficient (Wildman–Crippen LogP) is 3.08. The smallest absolute Gasteiger partial charge is 0.277 e. The van der Waals surface area contributed by atoms with Crippen molar-refractivity contribution < 1.29 is 13.6 Å². The van der Waals surface area contributed by atoms with Gasteiger partial charge in [-0.25, -0.2) is 8.78 Å². The summed E-state index contributed by atoms with van der Waals surface area (Å²) in [5, 5.41) is 2.20. The maximum absolute atomic E-state index is 13.0. The Balaban J connectivity index is 0. The first kappa shape index (κ1) is 25.3. The highest BCUT2D eigenvalue weighted by atomic mass is 35.5. The highest BCUT2D eigenvalue weighted by molar-refractivity contribution is 5.94. The van der Waals surface area contributed by atoms with Crippen molar-refractivity contribution >= 4 is 30.7 Å². The van der Waals surface area contributed by atoms with Gasteiger partial charge in [0.1, 0.15) is 0 Å². The van der Waals surface area contributed by atoms with Gasteiger partial charge in [-0.15, -0.1) is 24.8 Å². The summed E-state index contributed by atoms with van der Waals surface area (Å²) in [6.07, 6.45) is 0. The van der Waals surface area contributed by atoms with E-state index in [0.717, 1.165) is 18.7 Å². The van der Waals surface area contributed by atoms with E-state index in [2.05, 4.69) is 31.0 Å². The van der Waals surface area contributed by atoms with Gasteiger partial charge in [0, 0.05) is 18.2 Å². The topological polar surface area (TPSA) is 58.4 Å². The SMILES string of the molecule is CCN(Cc1ccc(C(=O)NCC(F)(F)CN)cc1)C(C)C.Cl.Cl. The fourth-order valence-corrected chi connectivity index (χ4v) is 2.04. The third-order valence-electron chi connectivity index (χ3n) is 3.54. The zero-order valence-corrected chi connectivity index (χ0v) is 15.9. The number of hydrogen-bond donors (Lipinski definition) is 2. The average molecular weight is 386 g/mol. The Morgan fingerprint density at radius 2 is 1.79 bits per heavy atom. The van der Waals surface area contributed by atoms with Gasteiger partial charge in [0.15, 0.2) is 0 Å². The lowest BCUT2D eigenvalue weighted by molar-refractivity contribution is 0.0118. The molecule has 1 amide bonds. The summed E-state index contributed by atoms with van der Waals surface area (Å²) in [6, 6.07) is 7.44. The molecule has 8 heteroatoms. The number of hydrogen-bond acceptors (Lipinski definition) is 3. The van der Waals surface area contributed by atoms with Gasteiger partial charge in [0.25, 0.3) is 11.8 Å². The van der Waals surface area contributed by atoms with Gasteiger partial charge in [0.05, 0.1) is 13.1 Å². The molecule has 1 aromatic rings. The number of rotatable bonds is 8. The summed E-state index contributed by atoms with van der Waals surface area (Å²) in [5.41, 5.74) is 6.38. The monoisotopic (exact) mass is 385 g/mol. The first-order valence-corrected chi connectivity index (χ1v) is 7.48. The molecule has 4 nitrogen and oxygen atoms in total. The van der Waals surface area contributed by atoms with Crippen molar-refractivity contribution in [1.29, 1.82) is 0 Å². The van der Waals surface area contributed by atoms with Crippen LogP contribution in [0.15, 0.2) is 24.3 Å². The van der Waals surface area contributed by atoms with E-state index < -0.39 is 24.9 Å². The van der Waals surface area contributed by atoms with E-state index >= 15 is 0 Å². The Morgan fingerprint density at radius 3 is 2.21 bits per heavy atom. The average Bonchev–Trinajstić information content (AvgIpc) is 2.50. The molecular formula is C16H27Cl2F2N3O. The van der Waals surface area contributed by atoms with Crippen LogP contribution >= 0.6 is 24.8 Å². The van der Waals surface area contributed by atoms with E-state index in [1.54, 1.807) is 12.1 Å². The van der Waals surface area contributed by atoms with Crippen LogP contribution < -0.4 is 11.1 Å². The molecule has 0 aromatic heterocycles. The van der Waals surface area contributed by atoms with Crippen LogP contribution in [0.1, 0.15) is 36.7 Å². The number of nitrogens with one attached hydrogen (secondary N) is 1. The van der Waals surface area contributed by atoms with Crippen LogP contribution in [0.5, 0.6) is 0 Å². The fraction of sp³-hybridized carbons (Fsp3) is 0.562. The summed E-state index contributed by atoms with van der Waals surface area (Å²) in [5.74, 6) is -3.59. The molecule has 0 spiro atoms. The molecule has 0 unspecified atom stereocenters. The number of nitrogens with zero attached hydrogens (tertiary/aromatic N) is 1. The molecular weight excluding hydrogens is 359 g/mol. The van der Waals surface area contributed by atoms with Crippen molar-refractivity contribution in [2.75, 3.05) is 19.6 Å². The quantitative estimate of drug-likeness (QED) is 0.722. The van der Waals surface area contributed by atoms with Gasteiger partial charge < -0.3 is 11.1 Å². The molecule has 140 valence electrons. The minimum absolute atomic E-state index is 0. The third-order valence-corrected chi connectivity index (χ3v) is 3.54. The van der Waals surface area contributed by atoms with Gasteiger partial charge in [0.2, 0.25) is 0 Å². The van der Waals surface area contributed by atoms with Gasteiger partial charge in [-0.05, 0) is 38.1 Å². The summed E-state index contributed by atoms with van der Waals surface area (Å²) in [6.45, 7) is 6.55. The molecule has 1 aromatic carbocycles. The van der Waals surface area contributed by atoms with Crippen LogP contribution in [0.25, 0.3) is 0 Å². The number of alkyl halides is 2. The Labute approximate surface area is 155 Å². The first-order chi connectivity index (χ1) is 10.3. The highest BCUT2D eigenvalue weighted by Gasteiger charge is 2.27. The maximum atomic E-state index is 13.0. The lowest BCUT2D eigenvalue weighted by atomic mass is 10.1. The summed E-state index contributed by atoms with van der Waals surface area (Å²) in [7, 11) is 0. The molecule has 0 aliphatic heterocycles. The number of carbonyl (C=O) groups excluding carboxylic acids is 1. The molecule has 1 rings (SSSR count). The molecule has 0 fully saturated rings. The predicted molar refractivity (Wildman–Crippen MR) is 98.5 cm³/mol. The third kappa shape index (κ3) is 8.24. The molecule has 0 radical (unpaired) electrons. The molecule has 0 atom stereocenters.